The lowest BCUT2D eigenvalue weighted by Crippen LogP contribution is -2.43. The summed E-state index contributed by atoms with van der Waals surface area (Å²) in [5.74, 6) is 0. The summed E-state index contributed by atoms with van der Waals surface area (Å²) < 4.78 is 0. The van der Waals surface area contributed by atoms with Crippen LogP contribution in [0.25, 0.3) is 0 Å². The maximum atomic E-state index is 9.65. The van der Waals surface area contributed by atoms with Gasteiger partial charge in [-0.05, 0) is 19.1 Å². The lowest BCUT2D eigenvalue weighted by atomic mass is 10.7. The number of nitrogens with one attached hydrogen (secondary N) is 3. The summed E-state index contributed by atoms with van der Waals surface area (Å²) in [6.45, 7) is 2.65. The molecule has 0 fully saturated rings. The Morgan fingerprint density at radius 1 is 1.78 bits per heavy atom. The van der Waals surface area contributed by atoms with Gasteiger partial charge < -0.3 is 5.32 Å². The summed E-state index contributed by atoms with van der Waals surface area (Å²) in [4.78, 5) is 9.65. The van der Waals surface area contributed by atoms with E-state index < -0.39 is 0 Å². The number of carbonyl (C=O) groups is 1. The molecule has 0 unspecified atom stereocenters. The number of rotatable bonds is 3. The third-order valence-corrected chi connectivity index (χ3v) is 0.828. The van der Waals surface area contributed by atoms with Gasteiger partial charge in [-0.1, -0.05) is 0 Å². The molecule has 3 N–H and O–H groups in total. The zero-order chi connectivity index (χ0) is 7.11. The molecule has 0 atom stereocenters. The molecule has 0 radical (unpaired) electrons. The van der Waals surface area contributed by atoms with Crippen LogP contribution in [0, 0.1) is 0 Å². The lowest BCUT2D eigenvalue weighted by molar-refractivity contribution is -0.110. The van der Waals surface area contributed by atoms with Crippen LogP contribution in [0.1, 0.15) is 6.92 Å². The Balaban J connectivity index is 3.16. The summed E-state index contributed by atoms with van der Waals surface area (Å²) in [7, 11) is 0. The first-order chi connectivity index (χ1) is 4.31. The molecule has 5 heteroatoms. The first kappa shape index (κ1) is 8.16. The van der Waals surface area contributed by atoms with E-state index in [1.165, 1.54) is 0 Å². The fourth-order valence-corrected chi connectivity index (χ4v) is 0.503. The molecule has 9 heavy (non-hydrogen) atoms. The van der Waals surface area contributed by atoms with Gasteiger partial charge in [0.15, 0.2) is 5.11 Å². The number of hydrogen-bond donors (Lipinski definition) is 3. The van der Waals surface area contributed by atoms with Gasteiger partial charge in [-0.2, -0.15) is 0 Å². The third kappa shape index (κ3) is 5.02. The fraction of sp³-hybridized carbons (Fsp3) is 0.500. The molecule has 0 rings (SSSR count). The molecule has 0 aliphatic heterocycles. The Kier molecular flexibility index (Phi) is 4.81. The Hall–Kier alpha value is -0.840. The Morgan fingerprint density at radius 3 is 2.89 bits per heavy atom. The van der Waals surface area contributed by atoms with Crippen LogP contribution in [0.2, 0.25) is 0 Å². The van der Waals surface area contributed by atoms with Gasteiger partial charge in [-0.15, -0.1) is 0 Å². The van der Waals surface area contributed by atoms with Crippen molar-refractivity contribution in [1.82, 2.24) is 16.2 Å². The van der Waals surface area contributed by atoms with Crippen molar-refractivity contribution in [3.63, 3.8) is 0 Å². The number of amides is 1. The highest BCUT2D eigenvalue weighted by Crippen LogP contribution is 1.58. The second-order valence-corrected chi connectivity index (χ2v) is 1.65. The average Bonchev–Trinajstić information content (AvgIpc) is 1.85. The van der Waals surface area contributed by atoms with Gasteiger partial charge >= 0.3 is 0 Å². The molecule has 0 aliphatic carbocycles. The minimum Gasteiger partial charge on any atom is -0.362 e. The summed E-state index contributed by atoms with van der Waals surface area (Å²) >= 11 is 4.68. The van der Waals surface area contributed by atoms with Crippen molar-refractivity contribution in [3.8, 4) is 0 Å². The van der Waals surface area contributed by atoms with Crippen molar-refractivity contribution in [2.75, 3.05) is 6.54 Å². The van der Waals surface area contributed by atoms with Crippen molar-refractivity contribution in [2.45, 2.75) is 6.92 Å². The zero-order valence-corrected chi connectivity index (χ0v) is 5.92. The predicted molar refractivity (Wildman–Crippen MR) is 38.6 cm³/mol. The van der Waals surface area contributed by atoms with E-state index in [4.69, 9.17) is 0 Å². The topological polar surface area (TPSA) is 53.2 Å². The van der Waals surface area contributed by atoms with Crippen LogP contribution in [0.4, 0.5) is 0 Å². The highest BCUT2D eigenvalue weighted by Gasteiger charge is 1.85. The van der Waals surface area contributed by atoms with Crippen LogP contribution in [0.5, 0.6) is 0 Å². The number of thiocarbonyl (C=S) groups is 1. The summed E-state index contributed by atoms with van der Waals surface area (Å²) in [5, 5.41) is 3.20. The zero-order valence-electron chi connectivity index (χ0n) is 5.10. The Morgan fingerprint density at radius 2 is 2.44 bits per heavy atom. The first-order valence-corrected chi connectivity index (χ1v) is 2.95. The van der Waals surface area contributed by atoms with Gasteiger partial charge in [0.1, 0.15) is 0 Å². The van der Waals surface area contributed by atoms with Gasteiger partial charge in [0.25, 0.3) is 0 Å². The van der Waals surface area contributed by atoms with Crippen molar-refractivity contribution in [2.24, 2.45) is 0 Å². The molecule has 0 saturated heterocycles. The van der Waals surface area contributed by atoms with Crippen LogP contribution >= 0.6 is 12.2 Å². The quantitative estimate of drug-likeness (QED) is 0.276. The van der Waals surface area contributed by atoms with Crippen molar-refractivity contribution in [3.05, 3.63) is 0 Å². The summed E-state index contributed by atoms with van der Waals surface area (Å²) in [5.41, 5.74) is 4.63. The molecular weight excluding hydrogens is 138 g/mol. The second-order valence-electron chi connectivity index (χ2n) is 1.25. The van der Waals surface area contributed by atoms with Gasteiger partial charge in [0.2, 0.25) is 6.41 Å². The molecule has 0 spiro atoms. The SMILES string of the molecule is CCNC(=S)NNC=O. The largest absolute Gasteiger partial charge is 0.362 e. The first-order valence-electron chi connectivity index (χ1n) is 2.54. The maximum absolute atomic E-state index is 9.65. The number of hydrogen-bond acceptors (Lipinski definition) is 2. The highest BCUT2D eigenvalue weighted by molar-refractivity contribution is 7.80. The van der Waals surface area contributed by atoms with E-state index in [-0.39, 0.29) is 0 Å². The molecule has 0 aromatic heterocycles. The molecule has 52 valence electrons. The van der Waals surface area contributed by atoms with E-state index in [9.17, 15) is 4.79 Å². The normalized spacial score (nSPS) is 7.67. The third-order valence-electron chi connectivity index (χ3n) is 0.582. The average molecular weight is 147 g/mol. The van der Waals surface area contributed by atoms with Crippen LogP contribution in [-0.2, 0) is 4.79 Å². The van der Waals surface area contributed by atoms with E-state index in [1.54, 1.807) is 0 Å². The van der Waals surface area contributed by atoms with E-state index in [2.05, 4.69) is 28.4 Å². The molecular formula is C4H9N3OS. The van der Waals surface area contributed by atoms with Crippen LogP contribution in [0.15, 0.2) is 0 Å². The Labute approximate surface area is 59.0 Å². The molecule has 4 nitrogen and oxygen atoms in total. The van der Waals surface area contributed by atoms with Gasteiger partial charge in [-0.3, -0.25) is 15.6 Å². The van der Waals surface area contributed by atoms with Gasteiger partial charge in [0.05, 0.1) is 0 Å². The molecule has 0 aliphatic rings. The van der Waals surface area contributed by atoms with Crippen LogP contribution in [-0.4, -0.2) is 18.1 Å². The predicted octanol–water partition coefficient (Wildman–Crippen LogP) is -0.869. The van der Waals surface area contributed by atoms with Crippen LogP contribution in [0.3, 0.4) is 0 Å². The number of carbonyl (C=O) groups excluding carboxylic acids is 1. The fourth-order valence-electron chi connectivity index (χ4n) is 0.300. The summed E-state index contributed by atoms with van der Waals surface area (Å²) in [6.07, 6.45) is 0.518. The minimum atomic E-state index is 0.421. The van der Waals surface area contributed by atoms with E-state index in [0.717, 1.165) is 6.54 Å². The smallest absolute Gasteiger partial charge is 0.225 e. The number of hydrazine groups is 1. The molecule has 0 saturated carbocycles. The minimum absolute atomic E-state index is 0.421. The lowest BCUT2D eigenvalue weighted by Gasteiger charge is -2.04. The van der Waals surface area contributed by atoms with E-state index >= 15 is 0 Å². The molecule has 0 heterocycles. The molecule has 1 amide bonds. The molecule has 0 aromatic rings. The van der Waals surface area contributed by atoms with Crippen LogP contribution < -0.4 is 16.2 Å². The van der Waals surface area contributed by atoms with Crippen molar-refractivity contribution < 1.29 is 4.79 Å². The monoisotopic (exact) mass is 147 g/mol. The molecule has 0 bridgehead atoms. The molecule has 0 aromatic carbocycles. The van der Waals surface area contributed by atoms with E-state index in [0.29, 0.717) is 11.5 Å². The highest BCUT2D eigenvalue weighted by atomic mass is 32.1. The standard InChI is InChI=1S/C4H9N3OS/c1-2-5-4(9)7-6-3-8/h3H,2H2,1H3,(H,6,8)(H2,5,7,9). The van der Waals surface area contributed by atoms with Gasteiger partial charge in [-0.25, -0.2) is 0 Å². The second kappa shape index (κ2) is 5.30. The van der Waals surface area contributed by atoms with Crippen molar-refractivity contribution in [1.29, 1.82) is 0 Å². The van der Waals surface area contributed by atoms with Gasteiger partial charge in [0, 0.05) is 6.54 Å². The summed E-state index contributed by atoms with van der Waals surface area (Å²) in [6, 6.07) is 0. The Bertz CT molecular complexity index is 106. The van der Waals surface area contributed by atoms with E-state index in [1.807, 2.05) is 6.92 Å². The van der Waals surface area contributed by atoms with Crippen molar-refractivity contribution >= 4 is 23.7 Å². The maximum Gasteiger partial charge on any atom is 0.225 e.